The van der Waals surface area contributed by atoms with Crippen molar-refractivity contribution in [3.63, 3.8) is 0 Å². The van der Waals surface area contributed by atoms with E-state index in [1.54, 1.807) is 13.3 Å². The van der Waals surface area contributed by atoms with E-state index in [-0.39, 0.29) is 6.61 Å². The van der Waals surface area contributed by atoms with Gasteiger partial charge in [0.2, 0.25) is 0 Å². The van der Waals surface area contributed by atoms with Gasteiger partial charge in [-0.1, -0.05) is 13.0 Å². The lowest BCUT2D eigenvalue weighted by molar-refractivity contribution is 0.202. The highest BCUT2D eigenvalue weighted by Crippen LogP contribution is 2.20. The Balaban J connectivity index is 2.94. The third kappa shape index (κ3) is 3.68. The minimum atomic E-state index is 0.0170. The first-order valence-electron chi connectivity index (χ1n) is 6.04. The fourth-order valence-corrected chi connectivity index (χ4v) is 1.76. The van der Waals surface area contributed by atoms with Gasteiger partial charge in [-0.2, -0.15) is 0 Å². The minimum Gasteiger partial charge on any atom is -0.392 e. The Bertz CT molecular complexity index is 331. The zero-order valence-corrected chi connectivity index (χ0v) is 10.9. The molecule has 0 spiro atoms. The summed E-state index contributed by atoms with van der Waals surface area (Å²) >= 11 is 0. The highest BCUT2D eigenvalue weighted by atomic mass is 16.5. The first-order valence-corrected chi connectivity index (χ1v) is 6.04. The van der Waals surface area contributed by atoms with Crippen molar-refractivity contribution in [1.29, 1.82) is 0 Å². The first-order chi connectivity index (χ1) is 8.24. The number of nitrogens with zero attached hydrogens (tertiary/aromatic N) is 2. The monoisotopic (exact) mass is 238 g/mol. The maximum Gasteiger partial charge on any atom is 0.134 e. The SMILES string of the molecule is CCC(C)N(CCOC)c1ncccc1CO. The van der Waals surface area contributed by atoms with Gasteiger partial charge in [0.15, 0.2) is 0 Å². The number of aliphatic hydroxyl groups is 1. The predicted octanol–water partition coefficient (Wildman–Crippen LogP) is 1.83. The molecule has 0 aliphatic carbocycles. The number of hydrogen-bond acceptors (Lipinski definition) is 4. The van der Waals surface area contributed by atoms with Crippen molar-refractivity contribution in [2.45, 2.75) is 32.9 Å². The van der Waals surface area contributed by atoms with Gasteiger partial charge in [0.1, 0.15) is 5.82 Å². The fraction of sp³-hybridized carbons (Fsp3) is 0.615. The molecule has 0 saturated heterocycles. The number of aromatic nitrogens is 1. The van der Waals surface area contributed by atoms with E-state index < -0.39 is 0 Å². The fourth-order valence-electron chi connectivity index (χ4n) is 1.76. The third-order valence-corrected chi connectivity index (χ3v) is 2.97. The van der Waals surface area contributed by atoms with E-state index in [4.69, 9.17) is 4.74 Å². The second-order valence-electron chi connectivity index (χ2n) is 4.09. The Hall–Kier alpha value is -1.13. The van der Waals surface area contributed by atoms with Crippen molar-refractivity contribution < 1.29 is 9.84 Å². The van der Waals surface area contributed by atoms with Crippen LogP contribution in [0, 0.1) is 0 Å². The maximum atomic E-state index is 9.35. The van der Waals surface area contributed by atoms with E-state index in [2.05, 4.69) is 23.7 Å². The molecule has 17 heavy (non-hydrogen) atoms. The summed E-state index contributed by atoms with van der Waals surface area (Å²) in [5.41, 5.74) is 0.865. The maximum absolute atomic E-state index is 9.35. The molecule has 1 rings (SSSR count). The van der Waals surface area contributed by atoms with Crippen molar-refractivity contribution in [2.75, 3.05) is 25.2 Å². The summed E-state index contributed by atoms with van der Waals surface area (Å²) in [4.78, 5) is 6.57. The molecule has 0 fully saturated rings. The number of aliphatic hydroxyl groups excluding tert-OH is 1. The van der Waals surface area contributed by atoms with Crippen LogP contribution < -0.4 is 4.90 Å². The Morgan fingerprint density at radius 2 is 2.29 bits per heavy atom. The van der Waals surface area contributed by atoms with E-state index in [1.807, 2.05) is 12.1 Å². The second-order valence-corrected chi connectivity index (χ2v) is 4.09. The van der Waals surface area contributed by atoms with Gasteiger partial charge in [-0.3, -0.25) is 0 Å². The molecule has 0 bridgehead atoms. The molecule has 0 saturated carbocycles. The van der Waals surface area contributed by atoms with Crippen molar-refractivity contribution in [2.24, 2.45) is 0 Å². The van der Waals surface area contributed by atoms with Crippen LogP contribution in [0.1, 0.15) is 25.8 Å². The molecule has 1 aromatic rings. The number of rotatable bonds is 7. The molecule has 1 unspecified atom stereocenters. The predicted molar refractivity (Wildman–Crippen MR) is 69.1 cm³/mol. The minimum absolute atomic E-state index is 0.0170. The van der Waals surface area contributed by atoms with E-state index in [1.165, 1.54) is 0 Å². The largest absolute Gasteiger partial charge is 0.392 e. The van der Waals surface area contributed by atoms with Crippen molar-refractivity contribution in [3.05, 3.63) is 23.9 Å². The molecule has 4 nitrogen and oxygen atoms in total. The Kier molecular flexibility index (Phi) is 5.94. The van der Waals surface area contributed by atoms with Crippen LogP contribution in [-0.4, -0.2) is 36.4 Å². The topological polar surface area (TPSA) is 45.6 Å². The van der Waals surface area contributed by atoms with Gasteiger partial charge in [0.05, 0.1) is 13.2 Å². The Morgan fingerprint density at radius 1 is 1.53 bits per heavy atom. The van der Waals surface area contributed by atoms with Crippen LogP contribution in [0.25, 0.3) is 0 Å². The molecule has 0 aliphatic heterocycles. The number of hydrogen-bond donors (Lipinski definition) is 1. The average Bonchev–Trinajstić information content (AvgIpc) is 2.39. The van der Waals surface area contributed by atoms with Crippen LogP contribution in [-0.2, 0) is 11.3 Å². The molecular formula is C13H22N2O2. The molecule has 96 valence electrons. The van der Waals surface area contributed by atoms with Gasteiger partial charge in [-0.05, 0) is 19.4 Å². The molecule has 1 aromatic heterocycles. The lowest BCUT2D eigenvalue weighted by Crippen LogP contribution is -2.36. The van der Waals surface area contributed by atoms with Crippen LogP contribution in [0.15, 0.2) is 18.3 Å². The molecule has 1 heterocycles. The summed E-state index contributed by atoms with van der Waals surface area (Å²) in [7, 11) is 1.69. The summed E-state index contributed by atoms with van der Waals surface area (Å²) in [6, 6.07) is 4.13. The number of pyridine rings is 1. The van der Waals surface area contributed by atoms with Crippen LogP contribution >= 0.6 is 0 Å². The molecule has 0 aliphatic rings. The van der Waals surface area contributed by atoms with E-state index in [9.17, 15) is 5.11 Å². The molecule has 0 amide bonds. The second kappa shape index (κ2) is 7.25. The van der Waals surface area contributed by atoms with Gasteiger partial charge in [-0.15, -0.1) is 0 Å². The first kappa shape index (κ1) is 13.9. The van der Waals surface area contributed by atoms with Gasteiger partial charge < -0.3 is 14.7 Å². The van der Waals surface area contributed by atoms with Crippen molar-refractivity contribution in [3.8, 4) is 0 Å². The highest BCUT2D eigenvalue weighted by Gasteiger charge is 2.16. The van der Waals surface area contributed by atoms with Crippen LogP contribution in [0.5, 0.6) is 0 Å². The quantitative estimate of drug-likeness (QED) is 0.787. The third-order valence-electron chi connectivity index (χ3n) is 2.97. The summed E-state index contributed by atoms with van der Waals surface area (Å²) in [5, 5.41) is 9.35. The summed E-state index contributed by atoms with van der Waals surface area (Å²) in [6.07, 6.45) is 2.79. The highest BCUT2D eigenvalue weighted by molar-refractivity contribution is 5.47. The lowest BCUT2D eigenvalue weighted by Gasteiger charge is -2.30. The standard InChI is InChI=1S/C13H22N2O2/c1-4-11(2)15(8-9-17-3)13-12(10-16)6-5-7-14-13/h5-7,11,16H,4,8-10H2,1-3H3. The summed E-state index contributed by atoms with van der Waals surface area (Å²) in [6.45, 7) is 5.77. The molecule has 4 heteroatoms. The normalized spacial score (nSPS) is 12.5. The summed E-state index contributed by atoms with van der Waals surface area (Å²) in [5.74, 6) is 0.862. The van der Waals surface area contributed by atoms with Crippen molar-refractivity contribution in [1.82, 2.24) is 4.98 Å². The van der Waals surface area contributed by atoms with Gasteiger partial charge >= 0.3 is 0 Å². The van der Waals surface area contributed by atoms with Crippen molar-refractivity contribution >= 4 is 5.82 Å². The number of ether oxygens (including phenoxy) is 1. The van der Waals surface area contributed by atoms with Gasteiger partial charge in [-0.25, -0.2) is 4.98 Å². The molecule has 0 aromatic carbocycles. The molecule has 0 radical (unpaired) electrons. The van der Waals surface area contributed by atoms with Crippen LogP contribution in [0.4, 0.5) is 5.82 Å². The molecule has 1 N–H and O–H groups in total. The zero-order valence-electron chi connectivity index (χ0n) is 10.9. The van der Waals surface area contributed by atoms with E-state index >= 15 is 0 Å². The van der Waals surface area contributed by atoms with Crippen LogP contribution in [0.3, 0.4) is 0 Å². The van der Waals surface area contributed by atoms with E-state index in [0.717, 1.165) is 24.3 Å². The van der Waals surface area contributed by atoms with Gasteiger partial charge in [0, 0.05) is 31.5 Å². The smallest absolute Gasteiger partial charge is 0.134 e. The number of anilines is 1. The zero-order chi connectivity index (χ0) is 12.7. The number of methoxy groups -OCH3 is 1. The average molecular weight is 238 g/mol. The summed E-state index contributed by atoms with van der Waals surface area (Å²) < 4.78 is 5.13. The lowest BCUT2D eigenvalue weighted by atomic mass is 10.2. The van der Waals surface area contributed by atoms with Crippen LogP contribution in [0.2, 0.25) is 0 Å². The molecular weight excluding hydrogens is 216 g/mol. The van der Waals surface area contributed by atoms with Gasteiger partial charge in [0.25, 0.3) is 0 Å². The Morgan fingerprint density at radius 3 is 2.88 bits per heavy atom. The Labute approximate surface area is 103 Å². The molecule has 1 atom stereocenters. The van der Waals surface area contributed by atoms with E-state index in [0.29, 0.717) is 12.6 Å².